The molecule has 1 amide bonds. The van der Waals surface area contributed by atoms with Crippen molar-refractivity contribution in [1.82, 2.24) is 4.90 Å². The maximum absolute atomic E-state index is 12.4. The van der Waals surface area contributed by atoms with Gasteiger partial charge in [0, 0.05) is 24.7 Å². The van der Waals surface area contributed by atoms with Crippen LogP contribution in [0, 0.1) is 0 Å². The average molecular weight is 281 g/mol. The largest absolute Gasteiger partial charge is 0.397 e. The molecule has 108 valence electrons. The molecule has 0 aromatic heterocycles. The van der Waals surface area contributed by atoms with Gasteiger partial charge in [0.05, 0.1) is 11.4 Å². The third kappa shape index (κ3) is 2.99. The van der Waals surface area contributed by atoms with Crippen LogP contribution < -0.4 is 11.1 Å². The van der Waals surface area contributed by atoms with E-state index in [-0.39, 0.29) is 11.9 Å². The third-order valence-electron chi connectivity index (χ3n) is 3.82. The van der Waals surface area contributed by atoms with Crippen molar-refractivity contribution in [3.05, 3.63) is 60.2 Å². The van der Waals surface area contributed by atoms with E-state index in [0.29, 0.717) is 6.54 Å². The SMILES string of the molecule is Nc1ccccc1NC1CCN(C(=O)c2ccccc2)C1. The average Bonchev–Trinajstić information content (AvgIpc) is 2.98. The van der Waals surface area contributed by atoms with E-state index >= 15 is 0 Å². The van der Waals surface area contributed by atoms with Gasteiger partial charge in [-0.1, -0.05) is 30.3 Å². The third-order valence-corrected chi connectivity index (χ3v) is 3.82. The van der Waals surface area contributed by atoms with Gasteiger partial charge in [-0.2, -0.15) is 0 Å². The van der Waals surface area contributed by atoms with Gasteiger partial charge in [0.1, 0.15) is 0 Å². The van der Waals surface area contributed by atoms with Gasteiger partial charge in [0.2, 0.25) is 0 Å². The molecular weight excluding hydrogens is 262 g/mol. The van der Waals surface area contributed by atoms with E-state index in [4.69, 9.17) is 5.73 Å². The normalized spacial score (nSPS) is 17.7. The zero-order valence-corrected chi connectivity index (χ0v) is 11.8. The number of carbonyl (C=O) groups is 1. The number of nitrogens with one attached hydrogen (secondary N) is 1. The molecule has 1 saturated heterocycles. The number of amides is 1. The van der Waals surface area contributed by atoms with Gasteiger partial charge >= 0.3 is 0 Å². The van der Waals surface area contributed by atoms with Crippen molar-refractivity contribution in [2.45, 2.75) is 12.5 Å². The number of anilines is 2. The summed E-state index contributed by atoms with van der Waals surface area (Å²) in [5.41, 5.74) is 8.37. The topological polar surface area (TPSA) is 58.4 Å². The maximum Gasteiger partial charge on any atom is 0.253 e. The number of likely N-dealkylation sites (tertiary alicyclic amines) is 1. The molecule has 0 bridgehead atoms. The quantitative estimate of drug-likeness (QED) is 0.850. The Kier molecular flexibility index (Phi) is 3.77. The molecular formula is C17H19N3O. The fraction of sp³-hybridized carbons (Fsp3) is 0.235. The van der Waals surface area contributed by atoms with Crippen LogP contribution in [0.1, 0.15) is 16.8 Å². The lowest BCUT2D eigenvalue weighted by Crippen LogP contribution is -2.31. The zero-order valence-electron chi connectivity index (χ0n) is 11.8. The second-order valence-electron chi connectivity index (χ2n) is 5.33. The van der Waals surface area contributed by atoms with Crippen molar-refractivity contribution >= 4 is 17.3 Å². The number of nitrogens with zero attached hydrogens (tertiary/aromatic N) is 1. The molecule has 1 atom stereocenters. The minimum absolute atomic E-state index is 0.0981. The Balaban J connectivity index is 1.63. The maximum atomic E-state index is 12.4. The van der Waals surface area contributed by atoms with Crippen molar-refractivity contribution in [2.75, 3.05) is 24.1 Å². The first-order valence-electron chi connectivity index (χ1n) is 7.19. The van der Waals surface area contributed by atoms with Crippen LogP contribution in [0.2, 0.25) is 0 Å². The second-order valence-corrected chi connectivity index (χ2v) is 5.33. The van der Waals surface area contributed by atoms with E-state index in [2.05, 4.69) is 5.32 Å². The number of carbonyl (C=O) groups excluding carboxylic acids is 1. The van der Waals surface area contributed by atoms with Gasteiger partial charge < -0.3 is 16.0 Å². The number of hydrogen-bond donors (Lipinski definition) is 2. The van der Waals surface area contributed by atoms with Gasteiger partial charge in [-0.15, -0.1) is 0 Å². The minimum atomic E-state index is 0.0981. The summed E-state index contributed by atoms with van der Waals surface area (Å²) in [6, 6.07) is 17.4. The Morgan fingerprint density at radius 3 is 2.57 bits per heavy atom. The molecule has 0 radical (unpaired) electrons. The fourth-order valence-corrected chi connectivity index (χ4v) is 2.67. The lowest BCUT2D eigenvalue weighted by Gasteiger charge is -2.18. The number of hydrogen-bond acceptors (Lipinski definition) is 3. The van der Waals surface area contributed by atoms with E-state index in [1.54, 1.807) is 0 Å². The van der Waals surface area contributed by atoms with E-state index in [0.717, 1.165) is 29.9 Å². The van der Waals surface area contributed by atoms with Crippen LogP contribution in [-0.2, 0) is 0 Å². The molecule has 0 aliphatic carbocycles. The summed E-state index contributed by atoms with van der Waals surface area (Å²) in [5.74, 6) is 0.0981. The lowest BCUT2D eigenvalue weighted by atomic mass is 10.2. The molecule has 0 saturated carbocycles. The second kappa shape index (κ2) is 5.87. The smallest absolute Gasteiger partial charge is 0.253 e. The van der Waals surface area contributed by atoms with Crippen molar-refractivity contribution in [2.24, 2.45) is 0 Å². The first-order valence-corrected chi connectivity index (χ1v) is 7.19. The molecule has 1 fully saturated rings. The molecule has 2 aromatic carbocycles. The molecule has 3 rings (SSSR count). The molecule has 3 N–H and O–H groups in total. The first-order chi connectivity index (χ1) is 10.2. The van der Waals surface area contributed by atoms with Crippen LogP contribution in [0.15, 0.2) is 54.6 Å². The standard InChI is InChI=1S/C17H19N3O/c18-15-8-4-5-9-16(15)19-14-10-11-20(12-14)17(21)13-6-2-1-3-7-13/h1-9,14,19H,10-12,18H2. The predicted octanol–water partition coefficient (Wildman–Crippen LogP) is 2.60. The summed E-state index contributed by atoms with van der Waals surface area (Å²) >= 11 is 0. The Labute approximate surface area is 124 Å². The van der Waals surface area contributed by atoms with Crippen molar-refractivity contribution in [1.29, 1.82) is 0 Å². The molecule has 21 heavy (non-hydrogen) atoms. The van der Waals surface area contributed by atoms with Gasteiger partial charge in [0.25, 0.3) is 5.91 Å². The van der Waals surface area contributed by atoms with Crippen molar-refractivity contribution in [3.8, 4) is 0 Å². The lowest BCUT2D eigenvalue weighted by molar-refractivity contribution is 0.0791. The molecule has 0 spiro atoms. The van der Waals surface area contributed by atoms with Crippen LogP contribution in [0.3, 0.4) is 0 Å². The van der Waals surface area contributed by atoms with Gasteiger partial charge in [-0.05, 0) is 30.7 Å². The fourth-order valence-electron chi connectivity index (χ4n) is 2.67. The Hall–Kier alpha value is -2.49. The monoisotopic (exact) mass is 281 g/mol. The molecule has 1 aliphatic heterocycles. The highest BCUT2D eigenvalue weighted by atomic mass is 16.2. The van der Waals surface area contributed by atoms with Crippen molar-refractivity contribution in [3.63, 3.8) is 0 Å². The summed E-state index contributed by atoms with van der Waals surface area (Å²) in [4.78, 5) is 14.3. The Morgan fingerprint density at radius 1 is 1.10 bits per heavy atom. The van der Waals surface area contributed by atoms with Crippen LogP contribution in [0.4, 0.5) is 11.4 Å². The summed E-state index contributed by atoms with van der Waals surface area (Å²) in [6.07, 6.45) is 0.937. The number of para-hydroxylation sites is 2. The minimum Gasteiger partial charge on any atom is -0.397 e. The number of nitrogens with two attached hydrogens (primary N) is 1. The molecule has 1 unspecified atom stereocenters. The highest BCUT2D eigenvalue weighted by molar-refractivity contribution is 5.94. The van der Waals surface area contributed by atoms with E-state index in [1.807, 2.05) is 59.5 Å². The van der Waals surface area contributed by atoms with Crippen LogP contribution in [0.5, 0.6) is 0 Å². The Morgan fingerprint density at radius 2 is 1.81 bits per heavy atom. The molecule has 2 aromatic rings. The molecule has 1 heterocycles. The zero-order chi connectivity index (χ0) is 14.7. The van der Waals surface area contributed by atoms with E-state index < -0.39 is 0 Å². The number of benzene rings is 2. The summed E-state index contributed by atoms with van der Waals surface area (Å²) in [7, 11) is 0. The number of rotatable bonds is 3. The first kappa shape index (κ1) is 13.5. The van der Waals surface area contributed by atoms with Crippen LogP contribution in [0.25, 0.3) is 0 Å². The van der Waals surface area contributed by atoms with Crippen LogP contribution in [-0.4, -0.2) is 29.9 Å². The van der Waals surface area contributed by atoms with Gasteiger partial charge in [-0.3, -0.25) is 4.79 Å². The highest BCUT2D eigenvalue weighted by Gasteiger charge is 2.26. The Bertz CT molecular complexity index is 627. The van der Waals surface area contributed by atoms with Gasteiger partial charge in [0.15, 0.2) is 0 Å². The number of nitrogen functional groups attached to an aromatic ring is 1. The highest BCUT2D eigenvalue weighted by Crippen LogP contribution is 2.22. The van der Waals surface area contributed by atoms with Gasteiger partial charge in [-0.25, -0.2) is 0 Å². The molecule has 1 aliphatic rings. The predicted molar refractivity (Wildman–Crippen MR) is 85.2 cm³/mol. The molecule has 4 heteroatoms. The van der Waals surface area contributed by atoms with Crippen molar-refractivity contribution < 1.29 is 4.79 Å². The summed E-state index contributed by atoms with van der Waals surface area (Å²) in [6.45, 7) is 1.49. The van der Waals surface area contributed by atoms with E-state index in [9.17, 15) is 4.79 Å². The van der Waals surface area contributed by atoms with Crippen LogP contribution >= 0.6 is 0 Å². The van der Waals surface area contributed by atoms with E-state index in [1.165, 1.54) is 0 Å². The summed E-state index contributed by atoms with van der Waals surface area (Å²) < 4.78 is 0. The summed E-state index contributed by atoms with van der Waals surface area (Å²) in [5, 5.41) is 3.43. The molecule has 4 nitrogen and oxygen atoms in total.